The summed E-state index contributed by atoms with van der Waals surface area (Å²) in [6.07, 6.45) is 6.09. The van der Waals surface area contributed by atoms with E-state index in [1.807, 2.05) is 43.3 Å². The number of aromatic nitrogens is 2. The second-order valence-electron chi connectivity index (χ2n) is 8.19. The number of hydrogen-bond donors (Lipinski definition) is 1. The minimum absolute atomic E-state index is 0.130. The molecule has 2 aromatic heterocycles. The number of aryl methyl sites for hydroxylation is 1. The highest BCUT2D eigenvalue weighted by molar-refractivity contribution is 5.97. The fourth-order valence-corrected chi connectivity index (χ4v) is 4.17. The Hall–Kier alpha value is -2.95. The van der Waals surface area contributed by atoms with Crippen LogP contribution in [0.2, 0.25) is 0 Å². The minimum Gasteiger partial charge on any atom is -0.349 e. The van der Waals surface area contributed by atoms with E-state index in [0.717, 1.165) is 30.2 Å². The molecule has 1 N–H and O–H groups in total. The normalized spacial score (nSPS) is 19.2. The summed E-state index contributed by atoms with van der Waals surface area (Å²) in [6.45, 7) is 4.59. The topological polar surface area (TPSA) is 64.0 Å². The number of hydrogen-bond acceptors (Lipinski definition) is 3. The predicted molar refractivity (Wildman–Crippen MR) is 115 cm³/mol. The maximum atomic E-state index is 13.3. The second-order valence-corrected chi connectivity index (χ2v) is 8.19. The van der Waals surface area contributed by atoms with Gasteiger partial charge in [0.2, 0.25) is 0 Å². The van der Waals surface area contributed by atoms with Crippen LogP contribution in [0.3, 0.4) is 0 Å². The van der Waals surface area contributed by atoms with E-state index < -0.39 is 0 Å². The summed E-state index contributed by atoms with van der Waals surface area (Å²) in [5.41, 5.74) is 2.66. The van der Waals surface area contributed by atoms with Crippen LogP contribution in [0.25, 0.3) is 11.0 Å². The van der Waals surface area contributed by atoms with Crippen LogP contribution in [0.4, 0.5) is 0 Å². The summed E-state index contributed by atoms with van der Waals surface area (Å²) in [6, 6.07) is 13.6. The highest BCUT2D eigenvalue weighted by atomic mass is 16.2. The van der Waals surface area contributed by atoms with Gasteiger partial charge < -0.3 is 5.32 Å². The number of carbonyl (C=O) groups excluding carboxylic acids is 1. The summed E-state index contributed by atoms with van der Waals surface area (Å²) in [5.74, 6) is 0.154. The molecule has 5 heteroatoms. The molecule has 2 heterocycles. The number of amides is 1. The van der Waals surface area contributed by atoms with Crippen molar-refractivity contribution >= 4 is 16.9 Å². The molecule has 1 aromatic carbocycles. The van der Waals surface area contributed by atoms with Gasteiger partial charge in [0, 0.05) is 17.6 Å². The first kappa shape index (κ1) is 19.4. The van der Waals surface area contributed by atoms with Gasteiger partial charge in [-0.05, 0) is 49.4 Å². The van der Waals surface area contributed by atoms with E-state index >= 15 is 0 Å². The first-order valence-corrected chi connectivity index (χ1v) is 10.4. The average molecular weight is 389 g/mol. The number of benzene rings is 1. The zero-order chi connectivity index (χ0) is 20.4. The lowest BCUT2D eigenvalue weighted by atomic mass is 9.86. The zero-order valence-electron chi connectivity index (χ0n) is 17.0. The lowest BCUT2D eigenvalue weighted by Gasteiger charge is -2.29. The highest BCUT2D eigenvalue weighted by Crippen LogP contribution is 2.24. The van der Waals surface area contributed by atoms with Crippen molar-refractivity contribution in [3.63, 3.8) is 0 Å². The van der Waals surface area contributed by atoms with E-state index in [9.17, 15) is 9.59 Å². The van der Waals surface area contributed by atoms with Gasteiger partial charge in [-0.3, -0.25) is 14.2 Å². The van der Waals surface area contributed by atoms with Crippen LogP contribution in [0, 0.1) is 12.8 Å². The zero-order valence-corrected chi connectivity index (χ0v) is 17.0. The standard InChI is InChI=1S/C24H27N3O2/c1-16-9-11-18(12-10-16)15-27-22-19(7-5-13-25-22)14-20(24(27)29)23(28)26-21-8-4-3-6-17(21)2/h5,7,9-14,17,21H,3-4,6,8,15H2,1-2H3,(H,26,28)/t17-,21+/m1/s1. The Balaban J connectivity index is 1.72. The van der Waals surface area contributed by atoms with E-state index in [2.05, 4.69) is 17.2 Å². The monoisotopic (exact) mass is 389 g/mol. The molecule has 1 saturated carbocycles. The molecule has 0 aliphatic heterocycles. The van der Waals surface area contributed by atoms with Gasteiger partial charge in [0.25, 0.3) is 11.5 Å². The van der Waals surface area contributed by atoms with Crippen molar-refractivity contribution in [2.45, 2.75) is 52.1 Å². The number of nitrogens with zero attached hydrogens (tertiary/aromatic N) is 2. The predicted octanol–water partition coefficient (Wildman–Crippen LogP) is 4.06. The molecule has 150 valence electrons. The summed E-state index contributed by atoms with van der Waals surface area (Å²) in [5, 5.41) is 3.91. The maximum Gasteiger partial charge on any atom is 0.265 e. The van der Waals surface area contributed by atoms with Gasteiger partial charge in [0.05, 0.1) is 6.54 Å². The molecule has 0 radical (unpaired) electrons. The highest BCUT2D eigenvalue weighted by Gasteiger charge is 2.25. The van der Waals surface area contributed by atoms with Gasteiger partial charge in [0.1, 0.15) is 11.2 Å². The van der Waals surface area contributed by atoms with Gasteiger partial charge >= 0.3 is 0 Å². The molecule has 1 aliphatic rings. The van der Waals surface area contributed by atoms with E-state index in [1.54, 1.807) is 16.8 Å². The molecule has 1 aliphatic carbocycles. The molecule has 29 heavy (non-hydrogen) atoms. The Bertz CT molecular complexity index is 1090. The van der Waals surface area contributed by atoms with E-state index in [4.69, 9.17) is 0 Å². The quantitative estimate of drug-likeness (QED) is 0.732. The van der Waals surface area contributed by atoms with E-state index in [1.165, 1.54) is 12.0 Å². The number of fused-ring (bicyclic) bond motifs is 1. The molecule has 2 atom stereocenters. The number of nitrogens with one attached hydrogen (secondary N) is 1. The number of carbonyl (C=O) groups is 1. The van der Waals surface area contributed by atoms with Crippen LogP contribution in [0.5, 0.6) is 0 Å². The largest absolute Gasteiger partial charge is 0.349 e. The van der Waals surface area contributed by atoms with Crippen molar-refractivity contribution < 1.29 is 4.79 Å². The average Bonchev–Trinajstić information content (AvgIpc) is 2.73. The molecule has 3 aromatic rings. The van der Waals surface area contributed by atoms with Crippen LogP contribution in [0.15, 0.2) is 53.5 Å². The van der Waals surface area contributed by atoms with Crippen molar-refractivity contribution in [3.8, 4) is 0 Å². The first-order valence-electron chi connectivity index (χ1n) is 10.4. The molecule has 0 bridgehead atoms. The SMILES string of the molecule is Cc1ccc(Cn2c(=O)c(C(=O)N[C@H]3CCCC[C@H]3C)cc3cccnc32)cc1. The smallest absolute Gasteiger partial charge is 0.265 e. The Morgan fingerprint density at radius 2 is 1.93 bits per heavy atom. The summed E-state index contributed by atoms with van der Waals surface area (Å²) in [7, 11) is 0. The summed E-state index contributed by atoms with van der Waals surface area (Å²) >= 11 is 0. The first-order chi connectivity index (χ1) is 14.0. The molecule has 4 rings (SSSR count). The van der Waals surface area contributed by atoms with Gasteiger partial charge in [-0.25, -0.2) is 4.98 Å². The van der Waals surface area contributed by atoms with Crippen molar-refractivity contribution in [2.75, 3.05) is 0 Å². The Morgan fingerprint density at radius 3 is 2.69 bits per heavy atom. The third-order valence-corrected chi connectivity index (χ3v) is 5.98. The fourth-order valence-electron chi connectivity index (χ4n) is 4.17. The number of rotatable bonds is 4. The molecule has 5 nitrogen and oxygen atoms in total. The lowest BCUT2D eigenvalue weighted by molar-refractivity contribution is 0.0908. The van der Waals surface area contributed by atoms with Gasteiger partial charge in [-0.2, -0.15) is 0 Å². The van der Waals surface area contributed by atoms with Crippen molar-refractivity contribution in [3.05, 3.63) is 75.7 Å². The van der Waals surface area contributed by atoms with Crippen LogP contribution in [-0.2, 0) is 6.54 Å². The van der Waals surface area contributed by atoms with Crippen molar-refractivity contribution in [1.82, 2.24) is 14.9 Å². The molecule has 1 fully saturated rings. The van der Waals surface area contributed by atoms with E-state index in [0.29, 0.717) is 18.1 Å². The van der Waals surface area contributed by atoms with Crippen molar-refractivity contribution in [2.24, 2.45) is 5.92 Å². The lowest BCUT2D eigenvalue weighted by Crippen LogP contribution is -2.43. The molecular formula is C24H27N3O2. The fraction of sp³-hybridized carbons (Fsp3) is 0.375. The summed E-state index contributed by atoms with van der Waals surface area (Å²) in [4.78, 5) is 30.7. The summed E-state index contributed by atoms with van der Waals surface area (Å²) < 4.78 is 1.61. The molecule has 0 unspecified atom stereocenters. The van der Waals surface area contributed by atoms with Crippen LogP contribution >= 0.6 is 0 Å². The van der Waals surface area contributed by atoms with Crippen LogP contribution in [-0.4, -0.2) is 21.5 Å². The van der Waals surface area contributed by atoms with Gasteiger partial charge in [-0.1, -0.05) is 49.6 Å². The third-order valence-electron chi connectivity index (χ3n) is 5.98. The van der Waals surface area contributed by atoms with Gasteiger partial charge in [0.15, 0.2) is 0 Å². The Kier molecular flexibility index (Phi) is 5.47. The molecule has 1 amide bonds. The Morgan fingerprint density at radius 1 is 1.17 bits per heavy atom. The van der Waals surface area contributed by atoms with Gasteiger partial charge in [-0.15, -0.1) is 0 Å². The van der Waals surface area contributed by atoms with Crippen LogP contribution < -0.4 is 10.9 Å². The molecule has 0 saturated heterocycles. The molecule has 0 spiro atoms. The maximum absolute atomic E-state index is 13.3. The minimum atomic E-state index is -0.294. The number of pyridine rings is 2. The molecular weight excluding hydrogens is 362 g/mol. The van der Waals surface area contributed by atoms with Crippen molar-refractivity contribution in [1.29, 1.82) is 0 Å². The second kappa shape index (κ2) is 8.19. The van der Waals surface area contributed by atoms with Crippen LogP contribution in [0.1, 0.15) is 54.1 Å². The van der Waals surface area contributed by atoms with E-state index in [-0.39, 0.29) is 23.1 Å². The third kappa shape index (κ3) is 4.09. The Labute approximate surface area is 170 Å².